The van der Waals surface area contributed by atoms with Gasteiger partial charge in [-0.15, -0.1) is 0 Å². The molecule has 3 nitrogen and oxygen atoms in total. The number of amides is 1. The number of thioether (sulfide) groups is 1. The van der Waals surface area contributed by atoms with Gasteiger partial charge in [-0.25, -0.2) is 0 Å². The Hall–Kier alpha value is -1.94. The van der Waals surface area contributed by atoms with Crippen LogP contribution < -0.4 is 10.1 Å². The molecule has 2 aromatic rings. The SMILES string of the molecule is CCCOc1ccc(C(=O)NCCSCc2ccccc2)cc1. The van der Waals surface area contributed by atoms with Crippen LogP contribution in [0.25, 0.3) is 0 Å². The number of hydrogen-bond donors (Lipinski definition) is 1. The highest BCUT2D eigenvalue weighted by atomic mass is 32.2. The molecule has 0 aliphatic heterocycles. The van der Waals surface area contributed by atoms with Crippen molar-refractivity contribution in [3.05, 3.63) is 65.7 Å². The van der Waals surface area contributed by atoms with E-state index in [1.54, 1.807) is 12.1 Å². The van der Waals surface area contributed by atoms with Gasteiger partial charge in [0.2, 0.25) is 0 Å². The van der Waals surface area contributed by atoms with Gasteiger partial charge in [0.25, 0.3) is 5.91 Å². The quantitative estimate of drug-likeness (QED) is 0.703. The lowest BCUT2D eigenvalue weighted by molar-refractivity contribution is 0.0956. The van der Waals surface area contributed by atoms with E-state index in [0.717, 1.165) is 23.7 Å². The highest BCUT2D eigenvalue weighted by molar-refractivity contribution is 7.98. The van der Waals surface area contributed by atoms with Gasteiger partial charge in [-0.3, -0.25) is 4.79 Å². The molecule has 0 bridgehead atoms. The minimum atomic E-state index is -0.0349. The van der Waals surface area contributed by atoms with E-state index in [4.69, 9.17) is 4.74 Å². The smallest absolute Gasteiger partial charge is 0.251 e. The summed E-state index contributed by atoms with van der Waals surface area (Å²) in [5, 5.41) is 2.95. The van der Waals surface area contributed by atoms with Crippen LogP contribution in [0.15, 0.2) is 54.6 Å². The zero-order chi connectivity index (χ0) is 16.3. The molecule has 0 saturated heterocycles. The predicted molar refractivity (Wildman–Crippen MR) is 97.2 cm³/mol. The average molecular weight is 329 g/mol. The first-order chi connectivity index (χ1) is 11.3. The molecule has 0 heterocycles. The Morgan fingerprint density at radius 2 is 1.83 bits per heavy atom. The van der Waals surface area contributed by atoms with Crippen molar-refractivity contribution in [1.29, 1.82) is 0 Å². The minimum Gasteiger partial charge on any atom is -0.494 e. The van der Waals surface area contributed by atoms with Crippen molar-refractivity contribution >= 4 is 17.7 Å². The van der Waals surface area contributed by atoms with Crippen LogP contribution in [0.4, 0.5) is 0 Å². The first kappa shape index (κ1) is 17.4. The first-order valence-corrected chi connectivity index (χ1v) is 9.08. The van der Waals surface area contributed by atoms with Gasteiger partial charge in [-0.2, -0.15) is 11.8 Å². The topological polar surface area (TPSA) is 38.3 Å². The number of carbonyl (C=O) groups is 1. The average Bonchev–Trinajstić information content (AvgIpc) is 2.61. The first-order valence-electron chi connectivity index (χ1n) is 7.92. The van der Waals surface area contributed by atoms with Gasteiger partial charge in [0, 0.05) is 23.6 Å². The zero-order valence-corrected chi connectivity index (χ0v) is 14.3. The summed E-state index contributed by atoms with van der Waals surface area (Å²) in [6.07, 6.45) is 0.975. The Morgan fingerprint density at radius 3 is 2.52 bits per heavy atom. The van der Waals surface area contributed by atoms with Crippen molar-refractivity contribution < 1.29 is 9.53 Å². The normalized spacial score (nSPS) is 10.3. The Labute approximate surface area is 142 Å². The largest absolute Gasteiger partial charge is 0.494 e. The van der Waals surface area contributed by atoms with Gasteiger partial charge in [0.15, 0.2) is 0 Å². The Morgan fingerprint density at radius 1 is 1.09 bits per heavy atom. The van der Waals surface area contributed by atoms with Gasteiger partial charge in [0.1, 0.15) is 5.75 Å². The Kier molecular flexibility index (Phi) is 7.54. The zero-order valence-electron chi connectivity index (χ0n) is 13.5. The van der Waals surface area contributed by atoms with E-state index in [-0.39, 0.29) is 5.91 Å². The lowest BCUT2D eigenvalue weighted by Crippen LogP contribution is -2.25. The molecule has 2 aromatic carbocycles. The lowest BCUT2D eigenvalue weighted by Gasteiger charge is -2.07. The van der Waals surface area contributed by atoms with Crippen molar-refractivity contribution in [2.24, 2.45) is 0 Å². The molecule has 0 spiro atoms. The Balaban J connectivity index is 1.66. The molecule has 2 rings (SSSR count). The highest BCUT2D eigenvalue weighted by Gasteiger charge is 2.05. The van der Waals surface area contributed by atoms with E-state index >= 15 is 0 Å². The molecule has 0 saturated carbocycles. The van der Waals surface area contributed by atoms with Gasteiger partial charge >= 0.3 is 0 Å². The van der Waals surface area contributed by atoms with Crippen LogP contribution in [0.5, 0.6) is 5.75 Å². The Bertz CT molecular complexity index is 584. The molecular weight excluding hydrogens is 306 g/mol. The fraction of sp³-hybridized carbons (Fsp3) is 0.316. The van der Waals surface area contributed by atoms with Crippen LogP contribution in [-0.2, 0) is 5.75 Å². The van der Waals surface area contributed by atoms with Crippen molar-refractivity contribution in [3.8, 4) is 5.75 Å². The predicted octanol–water partition coefficient (Wildman–Crippen LogP) is 4.14. The van der Waals surface area contributed by atoms with Gasteiger partial charge < -0.3 is 10.1 Å². The second-order valence-corrected chi connectivity index (χ2v) is 6.27. The summed E-state index contributed by atoms with van der Waals surface area (Å²) in [7, 11) is 0. The van der Waals surface area contributed by atoms with E-state index in [1.165, 1.54) is 5.56 Å². The molecule has 0 radical (unpaired) electrons. The van der Waals surface area contributed by atoms with Gasteiger partial charge in [-0.1, -0.05) is 37.3 Å². The third-order valence-corrected chi connectivity index (χ3v) is 4.26. The van der Waals surface area contributed by atoms with Crippen molar-refractivity contribution in [1.82, 2.24) is 5.32 Å². The van der Waals surface area contributed by atoms with Crippen LogP contribution >= 0.6 is 11.8 Å². The fourth-order valence-electron chi connectivity index (χ4n) is 2.03. The monoisotopic (exact) mass is 329 g/mol. The fourth-order valence-corrected chi connectivity index (χ4v) is 2.84. The number of ether oxygens (including phenoxy) is 1. The van der Waals surface area contributed by atoms with Crippen LogP contribution in [-0.4, -0.2) is 24.8 Å². The van der Waals surface area contributed by atoms with E-state index in [1.807, 2.05) is 42.1 Å². The van der Waals surface area contributed by atoms with Gasteiger partial charge in [0.05, 0.1) is 6.61 Å². The third kappa shape index (κ3) is 6.37. The van der Waals surface area contributed by atoms with Crippen LogP contribution in [0.2, 0.25) is 0 Å². The summed E-state index contributed by atoms with van der Waals surface area (Å²) < 4.78 is 5.51. The van der Waals surface area contributed by atoms with E-state index in [2.05, 4.69) is 24.4 Å². The van der Waals surface area contributed by atoms with Crippen LogP contribution in [0, 0.1) is 0 Å². The van der Waals surface area contributed by atoms with Crippen molar-refractivity contribution in [3.63, 3.8) is 0 Å². The standard InChI is InChI=1S/C19H23NO2S/c1-2-13-22-18-10-8-17(9-11-18)19(21)20-12-14-23-15-16-6-4-3-5-7-16/h3-11H,2,12-15H2,1H3,(H,20,21). The molecule has 0 atom stereocenters. The van der Waals surface area contributed by atoms with Crippen molar-refractivity contribution in [2.45, 2.75) is 19.1 Å². The summed E-state index contributed by atoms with van der Waals surface area (Å²) in [4.78, 5) is 12.0. The summed E-state index contributed by atoms with van der Waals surface area (Å²) in [5.41, 5.74) is 1.98. The second-order valence-electron chi connectivity index (χ2n) is 5.17. The maximum absolute atomic E-state index is 12.0. The number of carbonyl (C=O) groups excluding carboxylic acids is 1. The molecule has 122 valence electrons. The summed E-state index contributed by atoms with van der Waals surface area (Å²) in [6.45, 7) is 3.44. The molecule has 0 unspecified atom stereocenters. The molecular formula is C19H23NO2S. The molecule has 4 heteroatoms. The van der Waals surface area contributed by atoms with E-state index in [9.17, 15) is 4.79 Å². The number of hydrogen-bond acceptors (Lipinski definition) is 3. The molecule has 23 heavy (non-hydrogen) atoms. The number of nitrogens with one attached hydrogen (secondary N) is 1. The highest BCUT2D eigenvalue weighted by Crippen LogP contribution is 2.13. The summed E-state index contributed by atoms with van der Waals surface area (Å²) in [5.74, 6) is 2.65. The third-order valence-electron chi connectivity index (χ3n) is 3.23. The number of benzene rings is 2. The maximum atomic E-state index is 12.0. The molecule has 1 N–H and O–H groups in total. The van der Waals surface area contributed by atoms with Crippen LogP contribution in [0.1, 0.15) is 29.3 Å². The van der Waals surface area contributed by atoms with Crippen molar-refractivity contribution in [2.75, 3.05) is 18.9 Å². The lowest BCUT2D eigenvalue weighted by atomic mass is 10.2. The molecule has 0 aromatic heterocycles. The molecule has 1 amide bonds. The molecule has 0 aliphatic rings. The summed E-state index contributed by atoms with van der Waals surface area (Å²) >= 11 is 1.82. The molecule has 0 fully saturated rings. The van der Waals surface area contributed by atoms with E-state index < -0.39 is 0 Å². The summed E-state index contributed by atoms with van der Waals surface area (Å²) in [6, 6.07) is 17.6. The van der Waals surface area contributed by atoms with Crippen LogP contribution in [0.3, 0.4) is 0 Å². The minimum absolute atomic E-state index is 0.0349. The molecule has 0 aliphatic carbocycles. The second kappa shape index (κ2) is 9.95. The van der Waals surface area contributed by atoms with E-state index in [0.29, 0.717) is 18.7 Å². The van der Waals surface area contributed by atoms with Gasteiger partial charge in [-0.05, 0) is 36.2 Å². The maximum Gasteiger partial charge on any atom is 0.251 e. The number of rotatable bonds is 9.